The Morgan fingerprint density at radius 2 is 2.23 bits per heavy atom. The lowest BCUT2D eigenvalue weighted by molar-refractivity contribution is 0.307. The molecule has 0 aromatic heterocycles. The molecular formula is C10H23N3. The Hall–Kier alpha value is -0.120. The van der Waals surface area contributed by atoms with Crippen molar-refractivity contribution in [2.24, 2.45) is 17.4 Å². The highest BCUT2D eigenvalue weighted by molar-refractivity contribution is 4.78. The number of nitrogens with two attached hydrogens (primary N) is 2. The van der Waals surface area contributed by atoms with Crippen molar-refractivity contribution in [3.05, 3.63) is 0 Å². The van der Waals surface area contributed by atoms with Crippen LogP contribution >= 0.6 is 0 Å². The Morgan fingerprint density at radius 3 is 2.85 bits per heavy atom. The lowest BCUT2D eigenvalue weighted by atomic mass is 9.89. The maximum absolute atomic E-state index is 6.11. The Morgan fingerprint density at radius 1 is 1.38 bits per heavy atom. The number of hydrogen-bond donors (Lipinski definition) is 3. The number of unbranched alkanes of at least 4 members (excludes halogenated alkanes) is 1. The molecule has 0 aromatic rings. The minimum atomic E-state index is 0.388. The van der Waals surface area contributed by atoms with Crippen molar-refractivity contribution in [2.45, 2.75) is 38.1 Å². The van der Waals surface area contributed by atoms with E-state index in [9.17, 15) is 0 Å². The van der Waals surface area contributed by atoms with Crippen molar-refractivity contribution < 1.29 is 0 Å². The van der Waals surface area contributed by atoms with Crippen LogP contribution in [0.3, 0.4) is 0 Å². The fraction of sp³-hybridized carbons (Fsp3) is 1.00. The van der Waals surface area contributed by atoms with Gasteiger partial charge in [-0.25, -0.2) is 0 Å². The Kier molecular flexibility index (Phi) is 5.35. The molecule has 1 fully saturated rings. The minimum Gasteiger partial charge on any atom is -0.330 e. The van der Waals surface area contributed by atoms with Gasteiger partial charge in [0.25, 0.3) is 0 Å². The molecule has 0 bridgehead atoms. The summed E-state index contributed by atoms with van der Waals surface area (Å²) in [7, 11) is 0. The molecule has 0 saturated carbocycles. The monoisotopic (exact) mass is 185 g/mol. The van der Waals surface area contributed by atoms with Gasteiger partial charge in [0.05, 0.1) is 0 Å². The van der Waals surface area contributed by atoms with E-state index in [-0.39, 0.29) is 0 Å². The van der Waals surface area contributed by atoms with E-state index < -0.39 is 0 Å². The van der Waals surface area contributed by atoms with Crippen LogP contribution < -0.4 is 16.8 Å². The number of rotatable bonds is 5. The summed E-state index contributed by atoms with van der Waals surface area (Å²) in [5.41, 5.74) is 11.5. The van der Waals surface area contributed by atoms with Crippen LogP contribution in [-0.4, -0.2) is 25.7 Å². The molecule has 5 N–H and O–H groups in total. The molecule has 0 aromatic carbocycles. The first-order valence-corrected chi connectivity index (χ1v) is 5.51. The summed E-state index contributed by atoms with van der Waals surface area (Å²) in [5, 5.41) is 3.40. The molecule has 13 heavy (non-hydrogen) atoms. The summed E-state index contributed by atoms with van der Waals surface area (Å²) in [6.07, 6.45) is 6.04. The summed E-state index contributed by atoms with van der Waals surface area (Å²) in [4.78, 5) is 0. The fourth-order valence-electron chi connectivity index (χ4n) is 2.00. The van der Waals surface area contributed by atoms with Gasteiger partial charge in [0.1, 0.15) is 0 Å². The van der Waals surface area contributed by atoms with E-state index in [2.05, 4.69) is 5.32 Å². The Labute approximate surface area is 81.2 Å². The summed E-state index contributed by atoms with van der Waals surface area (Å²) in [5.74, 6) is 0.700. The molecule has 1 aliphatic heterocycles. The molecule has 0 amide bonds. The van der Waals surface area contributed by atoms with Crippen LogP contribution in [0.1, 0.15) is 32.1 Å². The average molecular weight is 185 g/mol. The van der Waals surface area contributed by atoms with Crippen LogP contribution in [0.25, 0.3) is 0 Å². The molecule has 0 spiro atoms. The van der Waals surface area contributed by atoms with Gasteiger partial charge in [0, 0.05) is 6.04 Å². The summed E-state index contributed by atoms with van der Waals surface area (Å²) < 4.78 is 0. The zero-order valence-corrected chi connectivity index (χ0v) is 8.47. The molecule has 0 radical (unpaired) electrons. The van der Waals surface area contributed by atoms with Crippen molar-refractivity contribution in [1.29, 1.82) is 0 Å². The van der Waals surface area contributed by atoms with Gasteiger partial charge in [0.15, 0.2) is 0 Å². The van der Waals surface area contributed by atoms with Crippen molar-refractivity contribution in [2.75, 3.05) is 19.6 Å². The Balaban J connectivity index is 2.09. The van der Waals surface area contributed by atoms with E-state index in [0.717, 1.165) is 25.9 Å². The van der Waals surface area contributed by atoms with E-state index >= 15 is 0 Å². The molecule has 1 saturated heterocycles. The standard InChI is InChI=1S/C10H23N3/c11-6-2-1-5-10(12)9-4-3-7-13-8-9/h9-10,13H,1-8,11-12H2. The number of piperidine rings is 1. The zero-order chi connectivity index (χ0) is 9.52. The molecule has 1 heterocycles. The highest BCUT2D eigenvalue weighted by Crippen LogP contribution is 2.16. The van der Waals surface area contributed by atoms with E-state index in [0.29, 0.717) is 12.0 Å². The normalized spacial score (nSPS) is 25.8. The van der Waals surface area contributed by atoms with Crippen LogP contribution in [0.5, 0.6) is 0 Å². The van der Waals surface area contributed by atoms with Crippen LogP contribution in [0, 0.1) is 5.92 Å². The fourth-order valence-corrected chi connectivity index (χ4v) is 2.00. The van der Waals surface area contributed by atoms with E-state index in [1.807, 2.05) is 0 Å². The highest BCUT2D eigenvalue weighted by Gasteiger charge is 2.19. The number of nitrogens with one attached hydrogen (secondary N) is 1. The van der Waals surface area contributed by atoms with Crippen LogP contribution in [0.15, 0.2) is 0 Å². The zero-order valence-electron chi connectivity index (χ0n) is 8.47. The van der Waals surface area contributed by atoms with E-state index in [1.165, 1.54) is 25.8 Å². The quantitative estimate of drug-likeness (QED) is 0.545. The summed E-state index contributed by atoms with van der Waals surface area (Å²) >= 11 is 0. The van der Waals surface area contributed by atoms with Gasteiger partial charge in [-0.1, -0.05) is 6.42 Å². The predicted molar refractivity (Wildman–Crippen MR) is 56.5 cm³/mol. The second-order valence-electron chi connectivity index (χ2n) is 4.05. The van der Waals surface area contributed by atoms with Gasteiger partial charge >= 0.3 is 0 Å². The molecule has 0 aliphatic carbocycles. The van der Waals surface area contributed by atoms with Crippen molar-refractivity contribution in [3.8, 4) is 0 Å². The van der Waals surface area contributed by atoms with Gasteiger partial charge in [-0.15, -0.1) is 0 Å². The molecule has 78 valence electrons. The first-order chi connectivity index (χ1) is 6.34. The maximum Gasteiger partial charge on any atom is 0.00792 e. The summed E-state index contributed by atoms with van der Waals surface area (Å²) in [6, 6.07) is 0.388. The van der Waals surface area contributed by atoms with E-state index in [1.54, 1.807) is 0 Å². The van der Waals surface area contributed by atoms with Crippen molar-refractivity contribution >= 4 is 0 Å². The molecule has 1 rings (SSSR count). The maximum atomic E-state index is 6.11. The average Bonchev–Trinajstić information content (AvgIpc) is 2.19. The molecule has 2 unspecified atom stereocenters. The van der Waals surface area contributed by atoms with Gasteiger partial charge < -0.3 is 16.8 Å². The lowest BCUT2D eigenvalue weighted by Gasteiger charge is -2.28. The number of hydrogen-bond acceptors (Lipinski definition) is 3. The SMILES string of the molecule is NCCCCC(N)C1CCCNC1. The topological polar surface area (TPSA) is 64.1 Å². The second kappa shape index (κ2) is 6.35. The smallest absolute Gasteiger partial charge is 0.00792 e. The van der Waals surface area contributed by atoms with Gasteiger partial charge in [0.2, 0.25) is 0 Å². The van der Waals surface area contributed by atoms with Crippen molar-refractivity contribution in [3.63, 3.8) is 0 Å². The van der Waals surface area contributed by atoms with Crippen LogP contribution in [-0.2, 0) is 0 Å². The third kappa shape index (κ3) is 4.07. The van der Waals surface area contributed by atoms with Crippen LogP contribution in [0.4, 0.5) is 0 Å². The second-order valence-corrected chi connectivity index (χ2v) is 4.05. The molecule has 1 aliphatic rings. The largest absolute Gasteiger partial charge is 0.330 e. The molecule has 3 nitrogen and oxygen atoms in total. The van der Waals surface area contributed by atoms with E-state index in [4.69, 9.17) is 11.5 Å². The molecule has 3 heteroatoms. The first-order valence-electron chi connectivity index (χ1n) is 5.51. The minimum absolute atomic E-state index is 0.388. The predicted octanol–water partition coefficient (Wildman–Crippen LogP) is 0.442. The summed E-state index contributed by atoms with van der Waals surface area (Å²) in [6.45, 7) is 3.09. The van der Waals surface area contributed by atoms with Gasteiger partial charge in [-0.2, -0.15) is 0 Å². The highest BCUT2D eigenvalue weighted by atomic mass is 14.9. The Bertz CT molecular complexity index is 121. The first kappa shape index (κ1) is 11.0. The van der Waals surface area contributed by atoms with Gasteiger partial charge in [-0.3, -0.25) is 0 Å². The molecule has 2 atom stereocenters. The van der Waals surface area contributed by atoms with Crippen LogP contribution in [0.2, 0.25) is 0 Å². The van der Waals surface area contributed by atoms with Gasteiger partial charge in [-0.05, 0) is 51.2 Å². The lowest BCUT2D eigenvalue weighted by Crippen LogP contribution is -2.41. The van der Waals surface area contributed by atoms with Crippen molar-refractivity contribution in [1.82, 2.24) is 5.32 Å². The molecular weight excluding hydrogens is 162 g/mol. The third-order valence-corrected chi connectivity index (χ3v) is 2.93. The third-order valence-electron chi connectivity index (χ3n) is 2.93.